The van der Waals surface area contributed by atoms with Gasteiger partial charge in [0.1, 0.15) is 17.5 Å². The Morgan fingerprint density at radius 1 is 1.40 bits per heavy atom. The van der Waals surface area contributed by atoms with Gasteiger partial charge in [-0.15, -0.1) is 0 Å². The molecule has 1 heterocycles. The number of hydrogen-bond donors (Lipinski definition) is 2. The summed E-state index contributed by atoms with van der Waals surface area (Å²) in [4.78, 5) is 11.3. The average Bonchev–Trinajstić information content (AvgIpc) is 2.42. The number of hydrogen-bond acceptors (Lipinski definition) is 6. The van der Waals surface area contributed by atoms with E-state index in [9.17, 15) is 0 Å². The first-order valence-corrected chi connectivity index (χ1v) is 8.27. The highest BCUT2D eigenvalue weighted by Gasteiger charge is 2.21. The molecule has 1 aromatic heterocycles. The SMILES string of the molecule is CSCCC(C)N(C)c1cc(NN)nc(C(C)(C)C)n1. The van der Waals surface area contributed by atoms with Gasteiger partial charge in [0.2, 0.25) is 0 Å². The number of hydrazine groups is 1. The highest BCUT2D eigenvalue weighted by Crippen LogP contribution is 2.24. The van der Waals surface area contributed by atoms with Crippen molar-refractivity contribution in [2.45, 2.75) is 45.6 Å². The molecule has 0 aromatic carbocycles. The molecule has 0 spiro atoms. The molecule has 0 aliphatic heterocycles. The van der Waals surface area contributed by atoms with Gasteiger partial charge in [0, 0.05) is 24.6 Å². The van der Waals surface area contributed by atoms with Crippen LogP contribution in [0.5, 0.6) is 0 Å². The van der Waals surface area contributed by atoms with E-state index in [1.807, 2.05) is 17.8 Å². The van der Waals surface area contributed by atoms with Gasteiger partial charge >= 0.3 is 0 Å². The van der Waals surface area contributed by atoms with Crippen LogP contribution < -0.4 is 16.2 Å². The fourth-order valence-electron chi connectivity index (χ4n) is 1.73. The van der Waals surface area contributed by atoms with Gasteiger partial charge in [-0.2, -0.15) is 11.8 Å². The van der Waals surface area contributed by atoms with E-state index in [1.54, 1.807) is 0 Å². The van der Waals surface area contributed by atoms with Crippen molar-refractivity contribution in [3.8, 4) is 0 Å². The topological polar surface area (TPSA) is 67.1 Å². The van der Waals surface area contributed by atoms with Gasteiger partial charge in [0.05, 0.1) is 0 Å². The molecule has 0 saturated heterocycles. The maximum atomic E-state index is 5.53. The number of aromatic nitrogens is 2. The summed E-state index contributed by atoms with van der Waals surface area (Å²) < 4.78 is 0. The van der Waals surface area contributed by atoms with Crippen molar-refractivity contribution < 1.29 is 0 Å². The van der Waals surface area contributed by atoms with Crippen LogP contribution in [0.4, 0.5) is 11.6 Å². The Hall–Kier alpha value is -1.01. The molecule has 6 heteroatoms. The van der Waals surface area contributed by atoms with Crippen molar-refractivity contribution in [1.82, 2.24) is 9.97 Å². The minimum Gasteiger partial charge on any atom is -0.357 e. The van der Waals surface area contributed by atoms with E-state index >= 15 is 0 Å². The van der Waals surface area contributed by atoms with Crippen molar-refractivity contribution in [1.29, 1.82) is 0 Å². The van der Waals surface area contributed by atoms with E-state index < -0.39 is 0 Å². The van der Waals surface area contributed by atoms with Gasteiger partial charge in [0.25, 0.3) is 0 Å². The smallest absolute Gasteiger partial charge is 0.145 e. The molecular weight excluding hydrogens is 270 g/mol. The largest absolute Gasteiger partial charge is 0.357 e. The minimum absolute atomic E-state index is 0.106. The second kappa shape index (κ2) is 7.13. The lowest BCUT2D eigenvalue weighted by atomic mass is 9.96. The lowest BCUT2D eigenvalue weighted by Crippen LogP contribution is -2.31. The molecule has 114 valence electrons. The Balaban J connectivity index is 3.04. The predicted octanol–water partition coefficient (Wildman–Crippen LogP) is 2.64. The zero-order valence-corrected chi connectivity index (χ0v) is 14.2. The summed E-state index contributed by atoms with van der Waals surface area (Å²) in [6.45, 7) is 8.52. The van der Waals surface area contributed by atoms with E-state index in [2.05, 4.69) is 56.3 Å². The summed E-state index contributed by atoms with van der Waals surface area (Å²) >= 11 is 1.87. The third-order valence-electron chi connectivity index (χ3n) is 3.29. The summed E-state index contributed by atoms with van der Waals surface area (Å²) in [6, 6.07) is 2.32. The van der Waals surface area contributed by atoms with Crippen LogP contribution in [0.1, 0.15) is 39.9 Å². The summed E-state index contributed by atoms with van der Waals surface area (Å²) in [5.74, 6) is 9.03. The maximum absolute atomic E-state index is 5.53. The fraction of sp³-hybridized carbons (Fsp3) is 0.714. The number of thioether (sulfide) groups is 1. The first-order valence-electron chi connectivity index (χ1n) is 6.87. The number of rotatable bonds is 6. The Labute approximate surface area is 126 Å². The lowest BCUT2D eigenvalue weighted by molar-refractivity contribution is 0.543. The van der Waals surface area contributed by atoms with E-state index in [-0.39, 0.29) is 5.41 Å². The molecule has 0 amide bonds. The molecule has 1 unspecified atom stereocenters. The third kappa shape index (κ3) is 4.52. The van der Waals surface area contributed by atoms with Gasteiger partial charge in [-0.3, -0.25) is 0 Å². The summed E-state index contributed by atoms with van der Waals surface area (Å²) in [5, 5.41) is 0. The average molecular weight is 297 g/mol. The van der Waals surface area contributed by atoms with Crippen molar-refractivity contribution >= 4 is 23.4 Å². The van der Waals surface area contributed by atoms with E-state index in [0.29, 0.717) is 11.9 Å². The number of nitrogens with one attached hydrogen (secondary N) is 1. The van der Waals surface area contributed by atoms with Crippen molar-refractivity contribution in [3.05, 3.63) is 11.9 Å². The zero-order chi connectivity index (χ0) is 15.3. The number of nitrogens with zero attached hydrogens (tertiary/aromatic N) is 3. The molecule has 0 aliphatic carbocycles. The van der Waals surface area contributed by atoms with Gasteiger partial charge < -0.3 is 10.3 Å². The second-order valence-corrected chi connectivity index (χ2v) is 7.06. The van der Waals surface area contributed by atoms with Crippen LogP contribution in [-0.2, 0) is 5.41 Å². The Morgan fingerprint density at radius 3 is 2.55 bits per heavy atom. The Kier molecular flexibility index (Phi) is 6.07. The molecule has 20 heavy (non-hydrogen) atoms. The van der Waals surface area contributed by atoms with Gasteiger partial charge in [-0.05, 0) is 25.4 Å². The number of anilines is 2. The van der Waals surface area contributed by atoms with Gasteiger partial charge in [-0.1, -0.05) is 20.8 Å². The van der Waals surface area contributed by atoms with Gasteiger partial charge in [0.15, 0.2) is 0 Å². The first kappa shape index (κ1) is 17.0. The monoisotopic (exact) mass is 297 g/mol. The molecule has 0 aliphatic rings. The lowest BCUT2D eigenvalue weighted by Gasteiger charge is -2.28. The summed E-state index contributed by atoms with van der Waals surface area (Å²) in [6.07, 6.45) is 3.25. The second-order valence-electron chi connectivity index (χ2n) is 6.07. The highest BCUT2D eigenvalue weighted by atomic mass is 32.2. The number of nitrogen functional groups attached to an aromatic ring is 1. The Morgan fingerprint density at radius 2 is 2.05 bits per heavy atom. The molecule has 1 aromatic rings. The van der Waals surface area contributed by atoms with E-state index in [0.717, 1.165) is 23.8 Å². The van der Waals surface area contributed by atoms with Crippen molar-refractivity contribution in [2.24, 2.45) is 5.84 Å². The molecule has 0 radical (unpaired) electrons. The zero-order valence-electron chi connectivity index (χ0n) is 13.4. The fourth-order valence-corrected chi connectivity index (χ4v) is 2.31. The molecule has 0 fully saturated rings. The minimum atomic E-state index is -0.106. The van der Waals surface area contributed by atoms with Crippen LogP contribution >= 0.6 is 11.8 Å². The first-order chi connectivity index (χ1) is 9.29. The maximum Gasteiger partial charge on any atom is 0.145 e. The highest BCUT2D eigenvalue weighted by molar-refractivity contribution is 7.98. The van der Waals surface area contributed by atoms with Crippen LogP contribution in [0.15, 0.2) is 6.07 Å². The predicted molar refractivity (Wildman–Crippen MR) is 89.4 cm³/mol. The summed E-state index contributed by atoms with van der Waals surface area (Å²) in [7, 11) is 2.07. The molecule has 0 bridgehead atoms. The van der Waals surface area contributed by atoms with E-state index in [4.69, 9.17) is 10.8 Å². The van der Waals surface area contributed by atoms with Crippen molar-refractivity contribution in [3.63, 3.8) is 0 Å². The molecule has 1 rings (SSSR count). The van der Waals surface area contributed by atoms with Crippen LogP contribution in [0.25, 0.3) is 0 Å². The van der Waals surface area contributed by atoms with Crippen LogP contribution in [-0.4, -0.2) is 35.1 Å². The standard InChI is InChI=1S/C14H27N5S/c1-10(7-8-20-6)19(5)12-9-11(18-15)16-13(17-12)14(2,3)4/h9-10H,7-8,15H2,1-6H3,(H,16,17,18). The Bertz CT molecular complexity index is 430. The van der Waals surface area contributed by atoms with E-state index in [1.165, 1.54) is 0 Å². The summed E-state index contributed by atoms with van der Waals surface area (Å²) in [5.41, 5.74) is 2.53. The number of nitrogens with two attached hydrogens (primary N) is 1. The van der Waals surface area contributed by atoms with Crippen LogP contribution in [0.2, 0.25) is 0 Å². The van der Waals surface area contributed by atoms with Crippen molar-refractivity contribution in [2.75, 3.05) is 29.4 Å². The quantitative estimate of drug-likeness (QED) is 0.621. The van der Waals surface area contributed by atoms with Gasteiger partial charge in [-0.25, -0.2) is 15.8 Å². The van der Waals surface area contributed by atoms with Crippen LogP contribution in [0.3, 0.4) is 0 Å². The van der Waals surface area contributed by atoms with Crippen LogP contribution in [0, 0.1) is 0 Å². The molecular formula is C14H27N5S. The third-order valence-corrected chi connectivity index (χ3v) is 3.94. The normalized spacial score (nSPS) is 13.2. The molecule has 1 atom stereocenters. The molecule has 3 N–H and O–H groups in total. The molecule has 0 saturated carbocycles. The molecule has 5 nitrogen and oxygen atoms in total.